The lowest BCUT2D eigenvalue weighted by Gasteiger charge is -2.23. The zero-order valence-electron chi connectivity index (χ0n) is 13.3. The predicted octanol–water partition coefficient (Wildman–Crippen LogP) is 3.67. The summed E-state index contributed by atoms with van der Waals surface area (Å²) in [6.07, 6.45) is 3.31. The van der Waals surface area contributed by atoms with E-state index < -0.39 is 17.2 Å². The van der Waals surface area contributed by atoms with Gasteiger partial charge in [-0.2, -0.15) is 0 Å². The maximum Gasteiger partial charge on any atom is 0.239 e. The lowest BCUT2D eigenvalue weighted by atomic mass is 9.91. The molecule has 2 rings (SSSR count). The first kappa shape index (κ1) is 18.2. The molecular formula is C17H17Cl2N3O2. The zero-order valence-corrected chi connectivity index (χ0v) is 14.8. The summed E-state index contributed by atoms with van der Waals surface area (Å²) < 4.78 is 0. The molecule has 2 aromatic rings. The monoisotopic (exact) mass is 365 g/mol. The van der Waals surface area contributed by atoms with Gasteiger partial charge >= 0.3 is 0 Å². The van der Waals surface area contributed by atoms with Gasteiger partial charge in [-0.1, -0.05) is 29.3 Å². The number of pyridine rings is 1. The third-order valence-corrected chi connectivity index (χ3v) is 3.87. The van der Waals surface area contributed by atoms with E-state index >= 15 is 0 Å². The van der Waals surface area contributed by atoms with Crippen LogP contribution in [0.25, 0.3) is 0 Å². The van der Waals surface area contributed by atoms with E-state index in [4.69, 9.17) is 23.2 Å². The Kier molecular flexibility index (Phi) is 5.80. The first-order chi connectivity index (χ1) is 11.3. The van der Waals surface area contributed by atoms with Gasteiger partial charge in [-0.25, -0.2) is 0 Å². The number of amides is 2. The number of rotatable bonds is 5. The lowest BCUT2D eigenvalue weighted by Crippen LogP contribution is -2.44. The molecule has 126 valence electrons. The van der Waals surface area contributed by atoms with Crippen LogP contribution in [-0.2, 0) is 16.1 Å². The minimum absolute atomic E-state index is 0.298. The molecule has 1 aromatic carbocycles. The highest BCUT2D eigenvalue weighted by Crippen LogP contribution is 2.25. The van der Waals surface area contributed by atoms with Gasteiger partial charge in [-0.15, -0.1) is 0 Å². The molecule has 0 radical (unpaired) electrons. The lowest BCUT2D eigenvalue weighted by molar-refractivity contribution is -0.138. The van der Waals surface area contributed by atoms with Gasteiger partial charge in [0.1, 0.15) is 5.41 Å². The van der Waals surface area contributed by atoms with Gasteiger partial charge in [0.15, 0.2) is 0 Å². The molecule has 5 nitrogen and oxygen atoms in total. The average Bonchev–Trinajstić information content (AvgIpc) is 2.52. The van der Waals surface area contributed by atoms with Crippen LogP contribution in [0.3, 0.4) is 0 Å². The first-order valence-corrected chi connectivity index (χ1v) is 7.99. The standard InChI is InChI=1S/C17H17Cl2N3O2/c1-17(2,15(23)21-10-11-4-3-5-20-9-11)16(24)22-14-7-12(18)6-13(19)8-14/h3-9H,10H2,1-2H3,(H,21,23)(H,22,24). The van der Waals surface area contributed by atoms with Crippen molar-refractivity contribution in [2.75, 3.05) is 5.32 Å². The van der Waals surface area contributed by atoms with E-state index in [1.807, 2.05) is 6.07 Å². The van der Waals surface area contributed by atoms with Crippen LogP contribution in [0.2, 0.25) is 10.0 Å². The topological polar surface area (TPSA) is 71.1 Å². The van der Waals surface area contributed by atoms with Crippen LogP contribution >= 0.6 is 23.2 Å². The van der Waals surface area contributed by atoms with E-state index in [0.29, 0.717) is 22.3 Å². The molecule has 0 unspecified atom stereocenters. The van der Waals surface area contributed by atoms with Crippen LogP contribution < -0.4 is 10.6 Å². The fourth-order valence-corrected chi connectivity index (χ4v) is 2.45. The normalized spacial score (nSPS) is 11.0. The van der Waals surface area contributed by atoms with Gasteiger partial charge in [-0.05, 0) is 43.7 Å². The molecule has 24 heavy (non-hydrogen) atoms. The second-order valence-corrected chi connectivity index (χ2v) is 6.65. The molecule has 0 bridgehead atoms. The number of hydrogen-bond acceptors (Lipinski definition) is 3. The van der Waals surface area contributed by atoms with E-state index in [2.05, 4.69) is 15.6 Å². The smallest absolute Gasteiger partial charge is 0.239 e. The molecule has 0 spiro atoms. The van der Waals surface area contributed by atoms with Crippen LogP contribution in [0.1, 0.15) is 19.4 Å². The fourth-order valence-electron chi connectivity index (χ4n) is 1.92. The Hall–Kier alpha value is -2.11. The Morgan fingerprint density at radius 3 is 2.38 bits per heavy atom. The van der Waals surface area contributed by atoms with Crippen molar-refractivity contribution in [2.45, 2.75) is 20.4 Å². The van der Waals surface area contributed by atoms with Gasteiger partial charge in [0.25, 0.3) is 0 Å². The van der Waals surface area contributed by atoms with Crippen LogP contribution in [0, 0.1) is 5.41 Å². The van der Waals surface area contributed by atoms with E-state index in [0.717, 1.165) is 5.56 Å². The summed E-state index contributed by atoms with van der Waals surface area (Å²) >= 11 is 11.8. The van der Waals surface area contributed by atoms with Crippen molar-refractivity contribution in [1.82, 2.24) is 10.3 Å². The molecule has 7 heteroatoms. The van der Waals surface area contributed by atoms with Crippen LogP contribution in [0.5, 0.6) is 0 Å². The second kappa shape index (κ2) is 7.64. The molecular weight excluding hydrogens is 349 g/mol. The second-order valence-electron chi connectivity index (χ2n) is 5.78. The summed E-state index contributed by atoms with van der Waals surface area (Å²) in [4.78, 5) is 28.8. The number of nitrogens with zero attached hydrogens (tertiary/aromatic N) is 1. The average molecular weight is 366 g/mol. The highest BCUT2D eigenvalue weighted by Gasteiger charge is 2.36. The third kappa shape index (κ3) is 4.69. The molecule has 1 aromatic heterocycles. The van der Waals surface area contributed by atoms with E-state index in [1.54, 1.807) is 50.5 Å². The van der Waals surface area contributed by atoms with Crippen molar-refractivity contribution < 1.29 is 9.59 Å². The molecule has 0 aliphatic carbocycles. The Morgan fingerprint density at radius 2 is 1.79 bits per heavy atom. The summed E-state index contributed by atoms with van der Waals surface area (Å²) in [7, 11) is 0. The Bertz CT molecular complexity index is 729. The molecule has 2 N–H and O–H groups in total. The van der Waals surface area contributed by atoms with Crippen molar-refractivity contribution in [1.29, 1.82) is 0 Å². The molecule has 0 aliphatic heterocycles. The van der Waals surface area contributed by atoms with Crippen molar-refractivity contribution in [2.24, 2.45) is 5.41 Å². The van der Waals surface area contributed by atoms with Gasteiger partial charge in [0.05, 0.1) is 0 Å². The number of halogens is 2. The fraction of sp³-hybridized carbons (Fsp3) is 0.235. The predicted molar refractivity (Wildman–Crippen MR) is 95.0 cm³/mol. The third-order valence-electron chi connectivity index (χ3n) is 3.43. The number of benzene rings is 1. The van der Waals surface area contributed by atoms with Crippen LogP contribution in [-0.4, -0.2) is 16.8 Å². The summed E-state index contributed by atoms with van der Waals surface area (Å²) in [6.45, 7) is 3.40. The number of aromatic nitrogens is 1. The number of anilines is 1. The summed E-state index contributed by atoms with van der Waals surface area (Å²) in [5.41, 5.74) is 0.0195. The number of hydrogen-bond donors (Lipinski definition) is 2. The van der Waals surface area contributed by atoms with Gasteiger partial charge < -0.3 is 10.6 Å². The first-order valence-electron chi connectivity index (χ1n) is 7.24. The van der Waals surface area contributed by atoms with Crippen molar-refractivity contribution in [3.05, 3.63) is 58.3 Å². The molecule has 1 heterocycles. The summed E-state index contributed by atoms with van der Waals surface area (Å²) in [5, 5.41) is 6.20. The number of carbonyl (C=O) groups excluding carboxylic acids is 2. The maximum absolute atomic E-state index is 12.4. The minimum atomic E-state index is -1.27. The molecule has 0 saturated heterocycles. The molecule has 2 amide bonds. The highest BCUT2D eigenvalue weighted by atomic mass is 35.5. The zero-order chi connectivity index (χ0) is 17.7. The van der Waals surface area contributed by atoms with E-state index in [-0.39, 0.29) is 0 Å². The van der Waals surface area contributed by atoms with Gasteiger partial charge in [0, 0.05) is 34.7 Å². The Balaban J connectivity index is 2.02. The van der Waals surface area contributed by atoms with Crippen molar-refractivity contribution in [3.8, 4) is 0 Å². The quantitative estimate of drug-likeness (QED) is 0.794. The van der Waals surface area contributed by atoms with E-state index in [9.17, 15) is 9.59 Å². The highest BCUT2D eigenvalue weighted by molar-refractivity contribution is 6.35. The van der Waals surface area contributed by atoms with Gasteiger partial charge in [-0.3, -0.25) is 14.6 Å². The Labute approximate surface area is 150 Å². The van der Waals surface area contributed by atoms with Crippen molar-refractivity contribution in [3.63, 3.8) is 0 Å². The molecule has 0 atom stereocenters. The van der Waals surface area contributed by atoms with Crippen LogP contribution in [0.4, 0.5) is 5.69 Å². The number of nitrogens with one attached hydrogen (secondary N) is 2. The molecule has 0 fully saturated rings. The summed E-state index contributed by atoms with van der Waals surface area (Å²) in [5.74, 6) is -0.846. The van der Waals surface area contributed by atoms with E-state index in [1.165, 1.54) is 0 Å². The minimum Gasteiger partial charge on any atom is -0.351 e. The maximum atomic E-state index is 12.4. The summed E-state index contributed by atoms with van der Waals surface area (Å²) in [6, 6.07) is 8.31. The largest absolute Gasteiger partial charge is 0.351 e. The van der Waals surface area contributed by atoms with Gasteiger partial charge in [0.2, 0.25) is 11.8 Å². The van der Waals surface area contributed by atoms with Crippen molar-refractivity contribution >= 4 is 40.7 Å². The number of carbonyl (C=O) groups is 2. The molecule has 0 aliphatic rings. The van der Waals surface area contributed by atoms with Crippen LogP contribution in [0.15, 0.2) is 42.7 Å². The Morgan fingerprint density at radius 1 is 1.12 bits per heavy atom. The SMILES string of the molecule is CC(C)(C(=O)NCc1cccnc1)C(=O)Nc1cc(Cl)cc(Cl)c1. The molecule has 0 saturated carbocycles.